The number of thiophene rings is 1. The van der Waals surface area contributed by atoms with Gasteiger partial charge in [-0.3, -0.25) is 10.1 Å². The molecule has 1 fully saturated rings. The number of ether oxygens (including phenoxy) is 1. The zero-order chi connectivity index (χ0) is 15.6. The van der Waals surface area contributed by atoms with Gasteiger partial charge in [0.25, 0.3) is 5.91 Å². The summed E-state index contributed by atoms with van der Waals surface area (Å²) in [6, 6.07) is 1.95. The number of carbonyl (C=O) groups excluding carboxylic acids is 1. The molecule has 1 amide bonds. The number of aromatic nitrogens is 1. The van der Waals surface area contributed by atoms with Gasteiger partial charge in [-0.05, 0) is 43.5 Å². The van der Waals surface area contributed by atoms with Gasteiger partial charge in [-0.25, -0.2) is 4.98 Å². The predicted octanol–water partition coefficient (Wildman–Crippen LogP) is 3.00. The lowest BCUT2D eigenvalue weighted by Crippen LogP contribution is -2.26. The molecule has 122 valence electrons. The summed E-state index contributed by atoms with van der Waals surface area (Å²) in [5.74, 6) is 0.515. The van der Waals surface area contributed by atoms with Gasteiger partial charge in [0.05, 0.1) is 18.1 Å². The normalized spacial score (nSPS) is 18.6. The molecule has 0 unspecified atom stereocenters. The van der Waals surface area contributed by atoms with Gasteiger partial charge < -0.3 is 10.1 Å². The summed E-state index contributed by atoms with van der Waals surface area (Å²) in [4.78, 5) is 20.1. The van der Waals surface area contributed by atoms with Crippen molar-refractivity contribution in [2.24, 2.45) is 0 Å². The molecule has 7 heteroatoms. The van der Waals surface area contributed by atoms with Crippen LogP contribution in [0.2, 0.25) is 0 Å². The van der Waals surface area contributed by atoms with Gasteiger partial charge >= 0.3 is 0 Å². The van der Waals surface area contributed by atoms with E-state index in [-0.39, 0.29) is 5.91 Å². The summed E-state index contributed by atoms with van der Waals surface area (Å²) in [6.45, 7) is 3.50. The lowest BCUT2D eigenvalue weighted by atomic mass is 9.97. The number of thiazole rings is 1. The largest absolute Gasteiger partial charge is 0.376 e. The minimum atomic E-state index is -0.0596. The van der Waals surface area contributed by atoms with Crippen LogP contribution in [0.3, 0.4) is 0 Å². The molecule has 0 spiro atoms. The smallest absolute Gasteiger partial charge is 0.267 e. The molecule has 2 aromatic rings. The first kappa shape index (κ1) is 15.3. The van der Waals surface area contributed by atoms with E-state index in [1.54, 1.807) is 22.7 Å². The van der Waals surface area contributed by atoms with Crippen LogP contribution >= 0.6 is 22.7 Å². The molecule has 0 radical (unpaired) electrons. The Hall–Kier alpha value is -1.28. The summed E-state index contributed by atoms with van der Waals surface area (Å²) in [6.07, 6.45) is 5.12. The Kier molecular flexibility index (Phi) is 4.43. The van der Waals surface area contributed by atoms with E-state index < -0.39 is 0 Å². The molecule has 2 aliphatic heterocycles. The van der Waals surface area contributed by atoms with E-state index >= 15 is 0 Å². The highest BCUT2D eigenvalue weighted by Gasteiger charge is 2.20. The van der Waals surface area contributed by atoms with Crippen molar-refractivity contribution >= 4 is 33.7 Å². The van der Waals surface area contributed by atoms with E-state index in [1.807, 2.05) is 12.3 Å². The molecular weight excluding hydrogens is 330 g/mol. The Morgan fingerprint density at radius 1 is 1.35 bits per heavy atom. The molecule has 0 atom stereocenters. The SMILES string of the molecule is O=C(Nc1ncc(C2CCNCC2)s1)c1cc2c(s1)CCOC2. The molecule has 0 aliphatic carbocycles. The number of carbonyl (C=O) groups is 1. The summed E-state index contributed by atoms with van der Waals surface area (Å²) < 4.78 is 5.44. The maximum Gasteiger partial charge on any atom is 0.267 e. The first-order chi connectivity index (χ1) is 11.3. The second kappa shape index (κ2) is 6.68. The number of hydrogen-bond acceptors (Lipinski definition) is 6. The highest BCUT2D eigenvalue weighted by Crippen LogP contribution is 2.32. The Bertz CT molecular complexity index is 680. The zero-order valence-electron chi connectivity index (χ0n) is 12.8. The van der Waals surface area contributed by atoms with Crippen molar-refractivity contribution in [3.8, 4) is 0 Å². The quantitative estimate of drug-likeness (QED) is 0.894. The molecule has 2 aliphatic rings. The van der Waals surface area contributed by atoms with Crippen LogP contribution in [0.4, 0.5) is 5.13 Å². The van der Waals surface area contributed by atoms with Gasteiger partial charge in [0.2, 0.25) is 0 Å². The highest BCUT2D eigenvalue weighted by molar-refractivity contribution is 7.16. The Morgan fingerprint density at radius 3 is 3.04 bits per heavy atom. The number of hydrogen-bond donors (Lipinski definition) is 2. The van der Waals surface area contributed by atoms with Gasteiger partial charge in [-0.15, -0.1) is 22.7 Å². The second-order valence-corrected chi connectivity index (χ2v) is 8.11. The first-order valence-electron chi connectivity index (χ1n) is 7.97. The van der Waals surface area contributed by atoms with Crippen LogP contribution in [-0.4, -0.2) is 30.6 Å². The summed E-state index contributed by atoms with van der Waals surface area (Å²) in [7, 11) is 0. The zero-order valence-corrected chi connectivity index (χ0v) is 14.4. The molecule has 0 bridgehead atoms. The van der Waals surface area contributed by atoms with Gasteiger partial charge in [-0.1, -0.05) is 0 Å². The minimum Gasteiger partial charge on any atom is -0.376 e. The average Bonchev–Trinajstić information content (AvgIpc) is 3.22. The molecule has 2 N–H and O–H groups in total. The van der Waals surface area contributed by atoms with E-state index in [2.05, 4.69) is 15.6 Å². The van der Waals surface area contributed by atoms with Crippen molar-refractivity contribution < 1.29 is 9.53 Å². The molecule has 4 rings (SSSR count). The fourth-order valence-electron chi connectivity index (χ4n) is 3.06. The van der Waals surface area contributed by atoms with E-state index in [0.717, 1.165) is 49.4 Å². The Morgan fingerprint density at radius 2 is 2.22 bits per heavy atom. The molecule has 5 nitrogen and oxygen atoms in total. The van der Waals surface area contributed by atoms with E-state index in [1.165, 1.54) is 9.75 Å². The maximum atomic E-state index is 12.4. The van der Waals surface area contributed by atoms with Crippen LogP contribution in [-0.2, 0) is 17.8 Å². The van der Waals surface area contributed by atoms with Crippen LogP contribution in [0.25, 0.3) is 0 Å². The summed E-state index contributed by atoms with van der Waals surface area (Å²) >= 11 is 3.18. The molecule has 4 heterocycles. The summed E-state index contributed by atoms with van der Waals surface area (Å²) in [5.41, 5.74) is 1.15. The third kappa shape index (κ3) is 3.33. The monoisotopic (exact) mass is 349 g/mol. The van der Waals surface area contributed by atoms with Crippen LogP contribution in [0.1, 0.15) is 43.7 Å². The fraction of sp³-hybridized carbons (Fsp3) is 0.500. The van der Waals surface area contributed by atoms with Gasteiger partial charge in [0, 0.05) is 22.4 Å². The topological polar surface area (TPSA) is 63.2 Å². The van der Waals surface area contributed by atoms with Crippen LogP contribution in [0.15, 0.2) is 12.3 Å². The number of amides is 1. The third-order valence-electron chi connectivity index (χ3n) is 4.34. The average molecular weight is 349 g/mol. The molecule has 2 aromatic heterocycles. The molecule has 0 saturated carbocycles. The highest BCUT2D eigenvalue weighted by atomic mass is 32.1. The second-order valence-electron chi connectivity index (χ2n) is 5.91. The maximum absolute atomic E-state index is 12.4. The van der Waals surface area contributed by atoms with Crippen molar-refractivity contribution in [3.63, 3.8) is 0 Å². The third-order valence-corrected chi connectivity index (χ3v) is 6.65. The number of rotatable bonds is 3. The Labute approximate surface area is 143 Å². The lowest BCUT2D eigenvalue weighted by Gasteiger charge is -2.20. The standard InChI is InChI=1S/C16H19N3O2S2/c20-15(13-7-11-9-21-6-3-12(11)22-13)19-16-18-8-14(23-16)10-1-4-17-5-2-10/h7-8,10,17H,1-6,9H2,(H,18,19,20). The number of nitrogens with one attached hydrogen (secondary N) is 2. The Balaban J connectivity index is 1.44. The summed E-state index contributed by atoms with van der Waals surface area (Å²) in [5, 5.41) is 7.02. The predicted molar refractivity (Wildman–Crippen MR) is 92.6 cm³/mol. The lowest BCUT2D eigenvalue weighted by molar-refractivity contribution is 0.102. The van der Waals surface area contributed by atoms with Crippen molar-refractivity contribution in [2.45, 2.75) is 31.8 Å². The molecule has 23 heavy (non-hydrogen) atoms. The van der Waals surface area contributed by atoms with Crippen LogP contribution in [0, 0.1) is 0 Å². The van der Waals surface area contributed by atoms with Gasteiger partial charge in [0.15, 0.2) is 5.13 Å². The minimum absolute atomic E-state index is 0.0596. The van der Waals surface area contributed by atoms with Crippen LogP contribution in [0.5, 0.6) is 0 Å². The number of piperidine rings is 1. The fourth-order valence-corrected chi connectivity index (χ4v) is 5.08. The number of anilines is 1. The van der Waals surface area contributed by atoms with Crippen molar-refractivity contribution in [1.29, 1.82) is 0 Å². The van der Waals surface area contributed by atoms with E-state index in [4.69, 9.17) is 4.74 Å². The van der Waals surface area contributed by atoms with Crippen molar-refractivity contribution in [2.75, 3.05) is 25.0 Å². The van der Waals surface area contributed by atoms with E-state index in [9.17, 15) is 4.79 Å². The molecule has 1 saturated heterocycles. The van der Waals surface area contributed by atoms with Gasteiger partial charge in [0.1, 0.15) is 0 Å². The van der Waals surface area contributed by atoms with Crippen molar-refractivity contribution in [1.82, 2.24) is 10.3 Å². The molecular formula is C16H19N3O2S2. The number of nitrogens with zero attached hydrogens (tertiary/aromatic N) is 1. The first-order valence-corrected chi connectivity index (χ1v) is 9.60. The van der Waals surface area contributed by atoms with Crippen LogP contribution < -0.4 is 10.6 Å². The molecule has 0 aromatic carbocycles. The van der Waals surface area contributed by atoms with Gasteiger partial charge in [-0.2, -0.15) is 0 Å². The van der Waals surface area contributed by atoms with Crippen molar-refractivity contribution in [3.05, 3.63) is 32.5 Å². The van der Waals surface area contributed by atoms with E-state index in [0.29, 0.717) is 17.7 Å². The number of fused-ring (bicyclic) bond motifs is 1.